The Morgan fingerprint density at radius 3 is 0.877 bits per heavy atom. The molecule has 418 valence electrons. The van der Waals surface area contributed by atoms with E-state index in [-0.39, 0.29) is 31.1 Å². The van der Waals surface area contributed by atoms with Gasteiger partial charge >= 0.3 is 17.9 Å². The van der Waals surface area contributed by atoms with Gasteiger partial charge in [0.15, 0.2) is 6.10 Å². The Morgan fingerprint density at radius 2 is 0.534 bits per heavy atom. The van der Waals surface area contributed by atoms with Gasteiger partial charge in [0.2, 0.25) is 0 Å². The van der Waals surface area contributed by atoms with Crippen molar-refractivity contribution >= 4 is 17.9 Å². The smallest absolute Gasteiger partial charge is 0.306 e. The Labute approximate surface area is 451 Å². The summed E-state index contributed by atoms with van der Waals surface area (Å²) in [6.45, 7) is 6.48. The average Bonchev–Trinajstić information content (AvgIpc) is 3.39. The third-order valence-corrected chi connectivity index (χ3v) is 13.1. The van der Waals surface area contributed by atoms with Crippen LogP contribution in [0, 0.1) is 0 Å². The van der Waals surface area contributed by atoms with Gasteiger partial charge in [-0.3, -0.25) is 14.4 Å². The molecule has 6 nitrogen and oxygen atoms in total. The third-order valence-electron chi connectivity index (χ3n) is 13.1. The predicted octanol–water partition coefficient (Wildman–Crippen LogP) is 20.9. The van der Waals surface area contributed by atoms with Crippen LogP contribution < -0.4 is 0 Å². The van der Waals surface area contributed by atoms with Gasteiger partial charge in [-0.05, 0) is 103 Å². The van der Waals surface area contributed by atoms with Gasteiger partial charge in [0.25, 0.3) is 0 Å². The van der Waals surface area contributed by atoms with Crippen molar-refractivity contribution in [2.24, 2.45) is 0 Å². The molecule has 0 N–H and O–H groups in total. The highest BCUT2D eigenvalue weighted by Gasteiger charge is 2.19. The molecule has 0 aliphatic rings. The number of esters is 3. The predicted molar refractivity (Wildman–Crippen MR) is 316 cm³/mol. The maximum Gasteiger partial charge on any atom is 0.306 e. The second-order valence-corrected chi connectivity index (χ2v) is 20.2. The number of hydrogen-bond acceptors (Lipinski definition) is 6. The van der Waals surface area contributed by atoms with Crippen LogP contribution in [0.1, 0.15) is 290 Å². The lowest BCUT2D eigenvalue weighted by atomic mass is 10.0. The minimum atomic E-state index is -0.804. The largest absolute Gasteiger partial charge is 0.462 e. The van der Waals surface area contributed by atoms with Gasteiger partial charge < -0.3 is 14.2 Å². The van der Waals surface area contributed by atoms with E-state index in [4.69, 9.17) is 14.2 Å². The molecule has 0 unspecified atom stereocenters. The van der Waals surface area contributed by atoms with Crippen molar-refractivity contribution in [3.63, 3.8) is 0 Å². The molecule has 0 aromatic carbocycles. The molecule has 0 bridgehead atoms. The van der Waals surface area contributed by atoms with Crippen molar-refractivity contribution in [2.75, 3.05) is 13.2 Å². The van der Waals surface area contributed by atoms with Crippen molar-refractivity contribution in [1.29, 1.82) is 0 Å². The Kier molecular flexibility index (Phi) is 57.8. The maximum absolute atomic E-state index is 12.9. The molecule has 0 fully saturated rings. The van der Waals surface area contributed by atoms with Crippen LogP contribution in [0.5, 0.6) is 0 Å². The van der Waals surface area contributed by atoms with Gasteiger partial charge in [-0.25, -0.2) is 0 Å². The lowest BCUT2D eigenvalue weighted by molar-refractivity contribution is -0.167. The first kappa shape index (κ1) is 69.3. The summed E-state index contributed by atoms with van der Waals surface area (Å²) in [4.78, 5) is 38.3. The van der Waals surface area contributed by atoms with E-state index >= 15 is 0 Å². The molecule has 0 saturated heterocycles. The zero-order valence-electron chi connectivity index (χ0n) is 47.9. The molecular weight excluding hydrogens is 901 g/mol. The van der Waals surface area contributed by atoms with Crippen LogP contribution in [-0.4, -0.2) is 37.2 Å². The van der Waals surface area contributed by atoms with E-state index in [9.17, 15) is 14.4 Å². The summed E-state index contributed by atoms with van der Waals surface area (Å²) in [5.74, 6) is -0.942. The van der Waals surface area contributed by atoms with Crippen LogP contribution in [0.4, 0.5) is 0 Å². The van der Waals surface area contributed by atoms with Crippen molar-refractivity contribution in [2.45, 2.75) is 297 Å². The minimum Gasteiger partial charge on any atom is -0.462 e. The standard InChI is InChI=1S/C67H114O6/c1-4-7-10-13-16-19-22-25-28-31-33-36-38-41-44-47-50-53-56-59-65(68)71-62-64(73-67(70)61-58-55-52-49-46-43-40-35-30-27-24-21-18-15-12-9-6-3)63-72-66(69)60-57-54-51-48-45-42-39-37-34-32-29-26-23-20-17-14-11-8-5-2/h7,10,16,18-19,21,25,27-28,30,33,36,40-41,43-44,64H,4-6,8-9,11-15,17,20,22-24,26,29,31-32,34-35,37-39,42,45-63H2,1-3H3/b10-7-,19-16-,21-18-,28-25-,30-27-,36-33-,43-40-,44-41-/t64-/m1/s1. The highest BCUT2D eigenvalue weighted by Crippen LogP contribution is 2.16. The Morgan fingerprint density at radius 1 is 0.288 bits per heavy atom. The van der Waals surface area contributed by atoms with Gasteiger partial charge in [-0.2, -0.15) is 0 Å². The molecule has 0 heterocycles. The molecule has 0 aromatic rings. The molecule has 0 aliphatic carbocycles. The Bertz CT molecular complexity index is 1440. The zero-order valence-corrected chi connectivity index (χ0v) is 47.9. The molecule has 0 aliphatic heterocycles. The van der Waals surface area contributed by atoms with Crippen LogP contribution >= 0.6 is 0 Å². The van der Waals surface area contributed by atoms with E-state index < -0.39 is 6.10 Å². The van der Waals surface area contributed by atoms with Gasteiger partial charge in [0, 0.05) is 19.3 Å². The number of allylic oxidation sites excluding steroid dienone is 16. The Hall–Kier alpha value is -3.67. The molecule has 73 heavy (non-hydrogen) atoms. The maximum atomic E-state index is 12.9. The van der Waals surface area contributed by atoms with E-state index in [0.29, 0.717) is 19.3 Å². The van der Waals surface area contributed by atoms with Gasteiger partial charge in [0.05, 0.1) is 0 Å². The second kappa shape index (κ2) is 60.9. The number of ether oxygens (including phenoxy) is 3. The monoisotopic (exact) mass is 1010 g/mol. The van der Waals surface area contributed by atoms with E-state index in [1.807, 2.05) is 0 Å². The fourth-order valence-electron chi connectivity index (χ4n) is 8.48. The van der Waals surface area contributed by atoms with Crippen LogP contribution in [0.25, 0.3) is 0 Å². The summed E-state index contributed by atoms with van der Waals surface area (Å²) >= 11 is 0. The normalized spacial score (nSPS) is 12.8. The average molecular weight is 1020 g/mol. The molecule has 0 saturated carbocycles. The molecule has 1 atom stereocenters. The van der Waals surface area contributed by atoms with Gasteiger partial charge in [-0.1, -0.05) is 266 Å². The zero-order chi connectivity index (χ0) is 52.9. The van der Waals surface area contributed by atoms with E-state index in [2.05, 4.69) is 118 Å². The quantitative estimate of drug-likeness (QED) is 0.0261. The lowest BCUT2D eigenvalue weighted by Gasteiger charge is -2.18. The summed E-state index contributed by atoms with van der Waals surface area (Å²) < 4.78 is 16.9. The molecule has 0 spiro atoms. The van der Waals surface area contributed by atoms with Crippen molar-refractivity contribution < 1.29 is 28.6 Å². The molecule has 0 amide bonds. The fourth-order valence-corrected chi connectivity index (χ4v) is 8.48. The van der Waals surface area contributed by atoms with Crippen LogP contribution in [0.2, 0.25) is 0 Å². The van der Waals surface area contributed by atoms with Crippen molar-refractivity contribution in [3.8, 4) is 0 Å². The number of unbranched alkanes of at least 4 members (excludes halogenated alkanes) is 28. The minimum absolute atomic E-state index is 0.0957. The van der Waals surface area contributed by atoms with Crippen LogP contribution in [0.3, 0.4) is 0 Å². The van der Waals surface area contributed by atoms with E-state index in [1.165, 1.54) is 128 Å². The SMILES string of the molecule is CC/C=C\C/C=C\C/C=C\C/C=C\C/C=C\CCCCCC(=O)OC[C@H](COC(=O)CCCCCCCCCCCCCCCCCCCCC)OC(=O)CCCCCC/C=C\C/C=C\C/C=C\CCCCC. The summed E-state index contributed by atoms with van der Waals surface area (Å²) in [6, 6.07) is 0. The first-order valence-electron chi connectivity index (χ1n) is 30.7. The highest BCUT2D eigenvalue weighted by atomic mass is 16.6. The fraction of sp³-hybridized carbons (Fsp3) is 0.716. The number of rotatable bonds is 55. The summed E-state index contributed by atoms with van der Waals surface area (Å²) in [7, 11) is 0. The summed E-state index contributed by atoms with van der Waals surface area (Å²) in [5.41, 5.74) is 0. The third kappa shape index (κ3) is 59.1. The molecule has 0 rings (SSSR count). The summed E-state index contributed by atoms with van der Waals surface area (Å²) in [5, 5.41) is 0. The first-order valence-corrected chi connectivity index (χ1v) is 30.7. The number of hydrogen-bond donors (Lipinski definition) is 0. The highest BCUT2D eigenvalue weighted by molar-refractivity contribution is 5.71. The van der Waals surface area contributed by atoms with Crippen LogP contribution in [0.15, 0.2) is 97.2 Å². The van der Waals surface area contributed by atoms with Gasteiger partial charge in [-0.15, -0.1) is 0 Å². The first-order chi connectivity index (χ1) is 36.0. The van der Waals surface area contributed by atoms with E-state index in [1.54, 1.807) is 0 Å². The lowest BCUT2D eigenvalue weighted by Crippen LogP contribution is -2.30. The van der Waals surface area contributed by atoms with Gasteiger partial charge in [0.1, 0.15) is 13.2 Å². The Balaban J connectivity index is 4.46. The van der Waals surface area contributed by atoms with Crippen LogP contribution in [-0.2, 0) is 28.6 Å². The molecule has 6 heteroatoms. The molecule has 0 aromatic heterocycles. The van der Waals surface area contributed by atoms with E-state index in [0.717, 1.165) is 122 Å². The number of carbonyl (C=O) groups is 3. The second-order valence-electron chi connectivity index (χ2n) is 20.2. The molecule has 0 radical (unpaired) electrons. The van der Waals surface area contributed by atoms with Crippen molar-refractivity contribution in [1.82, 2.24) is 0 Å². The molecular formula is C67H114O6. The summed E-state index contributed by atoms with van der Waals surface area (Å²) in [6.07, 6.45) is 81.2. The topological polar surface area (TPSA) is 78.9 Å². The van der Waals surface area contributed by atoms with Crippen molar-refractivity contribution in [3.05, 3.63) is 97.2 Å². The number of carbonyl (C=O) groups excluding carboxylic acids is 3.